The maximum Gasteiger partial charge on any atom is 0.247 e. The molecule has 0 radical (unpaired) electrons. The van der Waals surface area contributed by atoms with Crippen LogP contribution in [-0.4, -0.2) is 80.2 Å². The van der Waals surface area contributed by atoms with Crippen LogP contribution in [0.2, 0.25) is 0 Å². The SMILES string of the molecule is CC(=O)N1CC[C@@H]2[C@@H](CC1)Oc1ccccc1S(=O)(=O)N2CC(=O)N(C)C. The zero-order valence-electron chi connectivity index (χ0n) is 15.8. The van der Waals surface area contributed by atoms with Crippen LogP contribution in [0.25, 0.3) is 0 Å². The molecule has 0 N–H and O–H groups in total. The van der Waals surface area contributed by atoms with Gasteiger partial charge in [0.15, 0.2) is 0 Å². The number of rotatable bonds is 2. The number of hydrogen-bond donors (Lipinski definition) is 0. The predicted octanol–water partition coefficient (Wildman–Crippen LogP) is 0.537. The zero-order chi connectivity index (χ0) is 19.8. The van der Waals surface area contributed by atoms with Crippen LogP contribution in [0.4, 0.5) is 0 Å². The average molecular weight is 395 g/mol. The number of fused-ring (bicyclic) bond motifs is 2. The molecule has 148 valence electrons. The van der Waals surface area contributed by atoms with Crippen LogP contribution in [0, 0.1) is 0 Å². The smallest absolute Gasteiger partial charge is 0.247 e. The number of benzene rings is 1. The number of nitrogens with zero attached hydrogens (tertiary/aromatic N) is 3. The lowest BCUT2D eigenvalue weighted by molar-refractivity contribution is -0.130. The van der Waals surface area contributed by atoms with Crippen molar-refractivity contribution in [1.82, 2.24) is 14.1 Å². The lowest BCUT2D eigenvalue weighted by atomic mass is 10.1. The lowest BCUT2D eigenvalue weighted by Crippen LogP contribution is -2.50. The number of sulfonamides is 1. The molecule has 3 rings (SSSR count). The normalized spacial score (nSPS) is 24.6. The average Bonchev–Trinajstić information content (AvgIpc) is 2.85. The van der Waals surface area contributed by atoms with Gasteiger partial charge in [0.2, 0.25) is 21.8 Å². The summed E-state index contributed by atoms with van der Waals surface area (Å²) in [6.45, 7) is 2.17. The van der Waals surface area contributed by atoms with Gasteiger partial charge in [-0.2, -0.15) is 4.31 Å². The van der Waals surface area contributed by atoms with Crippen LogP contribution in [0.5, 0.6) is 5.75 Å². The third kappa shape index (κ3) is 3.79. The molecule has 0 unspecified atom stereocenters. The van der Waals surface area contributed by atoms with E-state index in [9.17, 15) is 18.0 Å². The van der Waals surface area contributed by atoms with Crippen molar-refractivity contribution in [2.75, 3.05) is 33.7 Å². The molecule has 0 aromatic heterocycles. The minimum atomic E-state index is -3.91. The van der Waals surface area contributed by atoms with E-state index in [4.69, 9.17) is 4.74 Å². The van der Waals surface area contributed by atoms with Gasteiger partial charge in [-0.3, -0.25) is 9.59 Å². The van der Waals surface area contributed by atoms with Gasteiger partial charge in [0.25, 0.3) is 0 Å². The predicted molar refractivity (Wildman–Crippen MR) is 98.7 cm³/mol. The quantitative estimate of drug-likeness (QED) is 0.729. The maximum atomic E-state index is 13.4. The second-order valence-electron chi connectivity index (χ2n) is 7.09. The topological polar surface area (TPSA) is 87.2 Å². The Bertz CT molecular complexity index is 839. The fraction of sp³-hybridized carbons (Fsp3) is 0.556. The molecule has 0 aliphatic carbocycles. The van der Waals surface area contributed by atoms with Crippen molar-refractivity contribution >= 4 is 21.8 Å². The molecule has 0 spiro atoms. The first-order valence-corrected chi connectivity index (χ1v) is 10.4. The van der Waals surface area contributed by atoms with Crippen LogP contribution < -0.4 is 4.74 Å². The molecule has 2 aliphatic heterocycles. The van der Waals surface area contributed by atoms with Crippen molar-refractivity contribution in [3.8, 4) is 5.75 Å². The fourth-order valence-electron chi connectivity index (χ4n) is 3.55. The molecule has 1 aromatic carbocycles. The van der Waals surface area contributed by atoms with Crippen molar-refractivity contribution in [3.63, 3.8) is 0 Å². The molecule has 2 atom stereocenters. The van der Waals surface area contributed by atoms with Crippen LogP contribution in [0.1, 0.15) is 19.8 Å². The largest absolute Gasteiger partial charge is 0.487 e. The number of likely N-dealkylation sites (N-methyl/N-ethyl adjacent to an activating group) is 1. The van der Waals surface area contributed by atoms with Gasteiger partial charge in [-0.15, -0.1) is 0 Å². The van der Waals surface area contributed by atoms with Gasteiger partial charge in [0.1, 0.15) is 16.7 Å². The summed E-state index contributed by atoms with van der Waals surface area (Å²) < 4.78 is 34.1. The fourth-order valence-corrected chi connectivity index (χ4v) is 5.30. The second kappa shape index (κ2) is 7.47. The van der Waals surface area contributed by atoms with Crippen molar-refractivity contribution in [2.24, 2.45) is 0 Å². The molecule has 2 amide bonds. The molecule has 1 aromatic rings. The second-order valence-corrected chi connectivity index (χ2v) is 8.95. The van der Waals surface area contributed by atoms with Gasteiger partial charge in [0, 0.05) is 40.5 Å². The van der Waals surface area contributed by atoms with Crippen LogP contribution >= 0.6 is 0 Å². The summed E-state index contributed by atoms with van der Waals surface area (Å²) in [6.07, 6.45) is 0.488. The first kappa shape index (κ1) is 19.6. The highest BCUT2D eigenvalue weighted by Crippen LogP contribution is 2.36. The molecule has 2 aliphatic rings. The summed E-state index contributed by atoms with van der Waals surface area (Å²) in [4.78, 5) is 27.3. The Morgan fingerprint density at radius 2 is 1.85 bits per heavy atom. The molecule has 0 saturated carbocycles. The van der Waals surface area contributed by atoms with Crippen LogP contribution in [-0.2, 0) is 19.6 Å². The maximum absolute atomic E-state index is 13.4. The number of amides is 2. The lowest BCUT2D eigenvalue weighted by Gasteiger charge is -2.31. The van der Waals surface area contributed by atoms with E-state index in [1.165, 1.54) is 22.2 Å². The van der Waals surface area contributed by atoms with E-state index < -0.39 is 22.2 Å². The van der Waals surface area contributed by atoms with E-state index in [0.717, 1.165) is 0 Å². The highest BCUT2D eigenvalue weighted by molar-refractivity contribution is 7.89. The number of carbonyl (C=O) groups excluding carboxylic acids is 2. The van der Waals surface area contributed by atoms with E-state index in [2.05, 4.69) is 0 Å². The van der Waals surface area contributed by atoms with Crippen molar-refractivity contribution < 1.29 is 22.7 Å². The Balaban J connectivity index is 2.05. The Hall–Kier alpha value is -2.13. The van der Waals surface area contributed by atoms with Gasteiger partial charge < -0.3 is 14.5 Å². The molecule has 27 heavy (non-hydrogen) atoms. The summed E-state index contributed by atoms with van der Waals surface area (Å²) in [5.74, 6) is -0.0569. The summed E-state index contributed by atoms with van der Waals surface area (Å²) in [7, 11) is -0.722. The van der Waals surface area contributed by atoms with Gasteiger partial charge in [-0.05, 0) is 18.6 Å². The van der Waals surface area contributed by atoms with E-state index >= 15 is 0 Å². The molecule has 1 saturated heterocycles. The van der Waals surface area contributed by atoms with E-state index in [-0.39, 0.29) is 23.3 Å². The highest BCUT2D eigenvalue weighted by atomic mass is 32.2. The van der Waals surface area contributed by atoms with Crippen molar-refractivity contribution in [3.05, 3.63) is 24.3 Å². The van der Waals surface area contributed by atoms with E-state index in [1.807, 2.05) is 0 Å². The Labute approximate surface area is 159 Å². The van der Waals surface area contributed by atoms with Crippen LogP contribution in [0.3, 0.4) is 0 Å². The molecule has 0 bridgehead atoms. The number of likely N-dealkylation sites (tertiary alicyclic amines) is 1. The highest BCUT2D eigenvalue weighted by Gasteiger charge is 2.44. The number of para-hydroxylation sites is 1. The molecule has 9 heteroatoms. The first-order valence-electron chi connectivity index (χ1n) is 8.95. The standard InChI is InChI=1S/C18H25N3O5S/c1-13(22)20-10-8-14-15(9-11-20)26-16-6-4-5-7-17(16)27(24,25)21(14)12-18(23)19(2)3/h4-7,14-15H,8-12H2,1-3H3/t14-,15-/m1/s1. The molecule has 8 nitrogen and oxygen atoms in total. The number of hydrogen-bond acceptors (Lipinski definition) is 5. The Kier molecular flexibility index (Phi) is 5.43. The number of carbonyl (C=O) groups is 2. The minimum Gasteiger partial charge on any atom is -0.487 e. The van der Waals surface area contributed by atoms with Crippen LogP contribution in [0.15, 0.2) is 29.2 Å². The Morgan fingerprint density at radius 3 is 2.52 bits per heavy atom. The zero-order valence-corrected chi connectivity index (χ0v) is 16.6. The van der Waals surface area contributed by atoms with Gasteiger partial charge in [-0.1, -0.05) is 12.1 Å². The third-order valence-electron chi connectivity index (χ3n) is 5.13. The monoisotopic (exact) mass is 395 g/mol. The number of ether oxygens (including phenoxy) is 1. The molecular formula is C18H25N3O5S. The summed E-state index contributed by atoms with van der Waals surface area (Å²) in [5, 5.41) is 0. The van der Waals surface area contributed by atoms with Crippen molar-refractivity contribution in [2.45, 2.75) is 36.8 Å². The molecule has 2 heterocycles. The first-order chi connectivity index (χ1) is 12.7. The Morgan fingerprint density at radius 1 is 1.19 bits per heavy atom. The molecule has 1 fully saturated rings. The van der Waals surface area contributed by atoms with Crippen molar-refractivity contribution in [1.29, 1.82) is 0 Å². The molecular weight excluding hydrogens is 370 g/mol. The van der Waals surface area contributed by atoms with Gasteiger partial charge >= 0.3 is 0 Å². The van der Waals surface area contributed by atoms with Gasteiger partial charge in [0.05, 0.1) is 12.6 Å². The third-order valence-corrected chi connectivity index (χ3v) is 7.04. The van der Waals surface area contributed by atoms with Gasteiger partial charge in [-0.25, -0.2) is 8.42 Å². The van der Waals surface area contributed by atoms with E-state index in [1.54, 1.807) is 37.2 Å². The minimum absolute atomic E-state index is 0.0503. The summed E-state index contributed by atoms with van der Waals surface area (Å²) >= 11 is 0. The summed E-state index contributed by atoms with van der Waals surface area (Å²) in [5.41, 5.74) is 0. The van der Waals surface area contributed by atoms with E-state index in [0.29, 0.717) is 31.7 Å². The summed E-state index contributed by atoms with van der Waals surface area (Å²) in [6, 6.07) is 5.99.